The monoisotopic (exact) mass is 399 g/mol. The third kappa shape index (κ3) is 4.05. The van der Waals surface area contributed by atoms with Crippen LogP contribution in [0, 0.1) is 5.92 Å². The van der Waals surface area contributed by atoms with Crippen molar-refractivity contribution in [3.8, 4) is 9.88 Å². The van der Waals surface area contributed by atoms with E-state index in [2.05, 4.69) is 15.2 Å². The molecular formula is C20H21N3O2S2. The molecule has 1 atom stereocenters. The SMILES string of the molecule is O=C(Nc1ccccc1N1CCCC(CO)C1)c1csc(-c2cccs2)n1. The summed E-state index contributed by atoms with van der Waals surface area (Å²) in [4.78, 5) is 20.5. The molecule has 1 fully saturated rings. The summed E-state index contributed by atoms with van der Waals surface area (Å²) in [7, 11) is 0. The van der Waals surface area contributed by atoms with Crippen LogP contribution in [-0.4, -0.2) is 35.7 Å². The number of anilines is 2. The van der Waals surface area contributed by atoms with E-state index in [1.165, 1.54) is 11.3 Å². The average Bonchev–Trinajstić information content (AvgIpc) is 3.40. The third-order valence-electron chi connectivity index (χ3n) is 4.74. The molecule has 1 aromatic carbocycles. The van der Waals surface area contributed by atoms with E-state index in [1.54, 1.807) is 16.7 Å². The smallest absolute Gasteiger partial charge is 0.275 e. The highest BCUT2D eigenvalue weighted by Gasteiger charge is 2.22. The topological polar surface area (TPSA) is 65.5 Å². The first-order valence-electron chi connectivity index (χ1n) is 9.00. The summed E-state index contributed by atoms with van der Waals surface area (Å²) in [5.41, 5.74) is 2.22. The number of carbonyl (C=O) groups excluding carboxylic acids is 1. The molecule has 0 radical (unpaired) electrons. The van der Waals surface area contributed by atoms with Crippen molar-refractivity contribution in [3.63, 3.8) is 0 Å². The number of hydrogen-bond donors (Lipinski definition) is 2. The Morgan fingerprint density at radius 1 is 1.26 bits per heavy atom. The number of aliphatic hydroxyl groups is 1. The Morgan fingerprint density at radius 3 is 2.96 bits per heavy atom. The summed E-state index contributed by atoms with van der Waals surface area (Å²) < 4.78 is 0. The molecule has 0 aliphatic carbocycles. The molecule has 1 saturated heterocycles. The standard InChI is InChI=1S/C20H21N3O2S2/c24-12-14-5-3-9-23(11-14)17-7-2-1-6-15(17)21-19(25)16-13-27-20(22-16)18-8-4-10-26-18/h1-2,4,6-8,10,13-14,24H,3,5,9,11-12H2,(H,21,25). The number of piperidine rings is 1. The van der Waals surface area contributed by atoms with Gasteiger partial charge in [-0.1, -0.05) is 18.2 Å². The number of amides is 1. The second kappa shape index (κ2) is 8.21. The fraction of sp³-hybridized carbons (Fsp3) is 0.300. The van der Waals surface area contributed by atoms with Crippen molar-refractivity contribution in [1.82, 2.24) is 4.98 Å². The molecule has 0 spiro atoms. The molecule has 3 aromatic rings. The van der Waals surface area contributed by atoms with Gasteiger partial charge < -0.3 is 15.3 Å². The van der Waals surface area contributed by atoms with Gasteiger partial charge in [0.25, 0.3) is 5.91 Å². The summed E-state index contributed by atoms with van der Waals surface area (Å²) in [6.07, 6.45) is 2.09. The summed E-state index contributed by atoms with van der Waals surface area (Å²) >= 11 is 3.10. The Labute approximate surface area is 166 Å². The number of benzene rings is 1. The zero-order chi connectivity index (χ0) is 18.6. The van der Waals surface area contributed by atoms with Crippen LogP contribution in [0.1, 0.15) is 23.3 Å². The molecule has 2 aromatic heterocycles. The number of nitrogens with zero attached hydrogens (tertiary/aromatic N) is 2. The van der Waals surface area contributed by atoms with Crippen molar-refractivity contribution in [2.45, 2.75) is 12.8 Å². The maximum Gasteiger partial charge on any atom is 0.275 e. The molecule has 2 N–H and O–H groups in total. The van der Waals surface area contributed by atoms with Crippen LogP contribution in [0.15, 0.2) is 47.2 Å². The molecule has 27 heavy (non-hydrogen) atoms. The van der Waals surface area contributed by atoms with Gasteiger partial charge in [0.1, 0.15) is 10.7 Å². The zero-order valence-corrected chi connectivity index (χ0v) is 16.4. The number of thiazole rings is 1. The third-order valence-corrected chi connectivity index (χ3v) is 6.62. The predicted molar refractivity (Wildman–Crippen MR) is 112 cm³/mol. The van der Waals surface area contributed by atoms with Crippen LogP contribution >= 0.6 is 22.7 Å². The van der Waals surface area contributed by atoms with Crippen LogP contribution in [-0.2, 0) is 0 Å². The Kier molecular flexibility index (Phi) is 5.52. The summed E-state index contributed by atoms with van der Waals surface area (Å²) in [5.74, 6) is 0.0895. The number of rotatable bonds is 5. The molecule has 0 saturated carbocycles. The lowest BCUT2D eigenvalue weighted by Crippen LogP contribution is -2.37. The Morgan fingerprint density at radius 2 is 2.15 bits per heavy atom. The number of aliphatic hydroxyl groups excluding tert-OH is 1. The van der Waals surface area contributed by atoms with E-state index >= 15 is 0 Å². The minimum Gasteiger partial charge on any atom is -0.396 e. The highest BCUT2D eigenvalue weighted by atomic mass is 32.1. The van der Waals surface area contributed by atoms with E-state index in [4.69, 9.17) is 0 Å². The first kappa shape index (κ1) is 18.2. The maximum absolute atomic E-state index is 12.7. The quantitative estimate of drug-likeness (QED) is 0.670. The Bertz CT molecular complexity index is 908. The molecule has 5 nitrogen and oxygen atoms in total. The van der Waals surface area contributed by atoms with Crippen LogP contribution in [0.4, 0.5) is 11.4 Å². The van der Waals surface area contributed by atoms with E-state index in [1.807, 2.05) is 41.8 Å². The highest BCUT2D eigenvalue weighted by Crippen LogP contribution is 2.31. The van der Waals surface area contributed by atoms with E-state index < -0.39 is 0 Å². The molecule has 1 aliphatic rings. The fourth-order valence-electron chi connectivity index (χ4n) is 3.37. The van der Waals surface area contributed by atoms with Crippen LogP contribution < -0.4 is 10.2 Å². The van der Waals surface area contributed by atoms with E-state index in [-0.39, 0.29) is 18.4 Å². The van der Waals surface area contributed by atoms with E-state index in [0.29, 0.717) is 5.69 Å². The lowest BCUT2D eigenvalue weighted by molar-refractivity contribution is 0.102. The van der Waals surface area contributed by atoms with Crippen LogP contribution in [0.5, 0.6) is 0 Å². The number of thiophene rings is 1. The van der Waals surface area contributed by atoms with Gasteiger partial charge in [0.2, 0.25) is 0 Å². The van der Waals surface area contributed by atoms with Gasteiger partial charge in [-0.25, -0.2) is 4.98 Å². The van der Waals surface area contributed by atoms with Crippen LogP contribution in [0.2, 0.25) is 0 Å². The first-order valence-corrected chi connectivity index (χ1v) is 10.8. The van der Waals surface area contributed by atoms with E-state index in [0.717, 1.165) is 47.2 Å². The number of hydrogen-bond acceptors (Lipinski definition) is 6. The average molecular weight is 400 g/mol. The Balaban J connectivity index is 1.52. The molecule has 1 amide bonds. The fourth-order valence-corrected chi connectivity index (χ4v) is 4.98. The molecule has 7 heteroatoms. The number of aromatic nitrogens is 1. The highest BCUT2D eigenvalue weighted by molar-refractivity contribution is 7.20. The van der Waals surface area contributed by atoms with Gasteiger partial charge in [-0.15, -0.1) is 22.7 Å². The van der Waals surface area contributed by atoms with Gasteiger partial charge in [0.05, 0.1) is 16.3 Å². The van der Waals surface area contributed by atoms with Gasteiger partial charge in [-0.3, -0.25) is 4.79 Å². The lowest BCUT2D eigenvalue weighted by atomic mass is 9.98. The minimum atomic E-state index is -0.197. The van der Waals surface area contributed by atoms with Gasteiger partial charge in [-0.2, -0.15) is 0 Å². The summed E-state index contributed by atoms with van der Waals surface area (Å²) in [6.45, 7) is 1.95. The largest absolute Gasteiger partial charge is 0.396 e. The Hall–Kier alpha value is -2.22. The van der Waals surface area contributed by atoms with Crippen molar-refractivity contribution < 1.29 is 9.90 Å². The zero-order valence-electron chi connectivity index (χ0n) is 14.8. The maximum atomic E-state index is 12.7. The second-order valence-corrected chi connectivity index (χ2v) is 8.43. The molecule has 1 unspecified atom stereocenters. The van der Waals surface area contributed by atoms with Gasteiger partial charge in [0, 0.05) is 25.1 Å². The minimum absolute atomic E-state index is 0.197. The summed E-state index contributed by atoms with van der Waals surface area (Å²) in [6, 6.07) is 11.8. The van der Waals surface area contributed by atoms with Gasteiger partial charge >= 0.3 is 0 Å². The molecule has 1 aliphatic heterocycles. The predicted octanol–water partition coefficient (Wildman–Crippen LogP) is 4.33. The molecule has 3 heterocycles. The van der Waals surface area contributed by atoms with E-state index in [9.17, 15) is 9.90 Å². The molecule has 0 bridgehead atoms. The van der Waals surface area contributed by atoms with Crippen molar-refractivity contribution in [2.75, 3.05) is 29.9 Å². The van der Waals surface area contributed by atoms with Crippen molar-refractivity contribution in [3.05, 3.63) is 52.9 Å². The van der Waals surface area contributed by atoms with Crippen molar-refractivity contribution in [2.24, 2.45) is 5.92 Å². The molecular weight excluding hydrogens is 378 g/mol. The number of para-hydroxylation sites is 2. The lowest BCUT2D eigenvalue weighted by Gasteiger charge is -2.34. The molecule has 4 rings (SSSR count). The van der Waals surface area contributed by atoms with Gasteiger partial charge in [-0.05, 0) is 42.3 Å². The van der Waals surface area contributed by atoms with Crippen molar-refractivity contribution in [1.29, 1.82) is 0 Å². The van der Waals surface area contributed by atoms with Gasteiger partial charge in [0.15, 0.2) is 0 Å². The number of carbonyl (C=O) groups is 1. The van der Waals surface area contributed by atoms with Crippen molar-refractivity contribution >= 4 is 40.0 Å². The second-order valence-electron chi connectivity index (χ2n) is 6.62. The first-order chi connectivity index (χ1) is 13.2. The molecule has 140 valence electrons. The van der Waals surface area contributed by atoms with Crippen LogP contribution in [0.3, 0.4) is 0 Å². The van der Waals surface area contributed by atoms with Crippen LogP contribution in [0.25, 0.3) is 9.88 Å². The normalized spacial score (nSPS) is 17.1. The number of nitrogens with one attached hydrogen (secondary N) is 1. The summed E-state index contributed by atoms with van der Waals surface area (Å²) in [5, 5.41) is 17.2.